The van der Waals surface area contributed by atoms with E-state index in [-0.39, 0.29) is 5.91 Å². The Kier molecular flexibility index (Phi) is 3.08. The number of halogens is 2. The van der Waals surface area contributed by atoms with Gasteiger partial charge in [0.25, 0.3) is 5.91 Å². The topological polar surface area (TPSA) is 49.4 Å². The number of benzene rings is 1. The first-order valence-corrected chi connectivity index (χ1v) is 5.72. The molecule has 0 spiro atoms. The summed E-state index contributed by atoms with van der Waals surface area (Å²) in [6.07, 6.45) is 0. The summed E-state index contributed by atoms with van der Waals surface area (Å²) in [5.74, 6) is -0.786. The van der Waals surface area contributed by atoms with E-state index in [1.807, 2.05) is 22.6 Å². The number of urea groups is 1. The van der Waals surface area contributed by atoms with Crippen molar-refractivity contribution in [2.24, 2.45) is 0 Å². The van der Waals surface area contributed by atoms with E-state index in [4.69, 9.17) is 0 Å². The molecule has 4 nitrogen and oxygen atoms in total. The molecular weight excluding hydrogens is 326 g/mol. The normalized spacial score (nSPS) is 15.1. The van der Waals surface area contributed by atoms with Crippen molar-refractivity contribution in [3.63, 3.8) is 0 Å². The smallest absolute Gasteiger partial charge is 0.324 e. The molecule has 1 fully saturated rings. The second-order valence-electron chi connectivity index (χ2n) is 3.31. The molecule has 0 unspecified atom stereocenters. The first-order chi connectivity index (χ1) is 7.59. The van der Waals surface area contributed by atoms with Crippen LogP contribution in [0.25, 0.3) is 0 Å². The minimum atomic E-state index is -0.398. The third-order valence-electron chi connectivity index (χ3n) is 2.26. The second kappa shape index (κ2) is 4.36. The minimum absolute atomic E-state index is 0.346. The molecular formula is C10H8FIN2O2. The Morgan fingerprint density at radius 1 is 1.50 bits per heavy atom. The molecule has 0 aliphatic carbocycles. The van der Waals surface area contributed by atoms with Crippen molar-refractivity contribution in [1.29, 1.82) is 0 Å². The van der Waals surface area contributed by atoms with E-state index < -0.39 is 11.8 Å². The van der Waals surface area contributed by atoms with Crippen molar-refractivity contribution in [1.82, 2.24) is 10.2 Å². The van der Waals surface area contributed by atoms with Crippen molar-refractivity contribution in [2.45, 2.75) is 0 Å². The highest BCUT2D eigenvalue weighted by molar-refractivity contribution is 14.1. The Morgan fingerprint density at radius 3 is 2.81 bits per heavy atom. The van der Waals surface area contributed by atoms with Gasteiger partial charge in [-0.1, -0.05) is 0 Å². The van der Waals surface area contributed by atoms with Crippen LogP contribution in [-0.2, 0) is 0 Å². The number of carbonyl (C=O) groups excluding carboxylic acids is 2. The van der Waals surface area contributed by atoms with Crippen LogP contribution < -0.4 is 5.32 Å². The molecule has 1 aromatic carbocycles. The van der Waals surface area contributed by atoms with Gasteiger partial charge in [0.2, 0.25) is 0 Å². The van der Waals surface area contributed by atoms with Crippen LogP contribution >= 0.6 is 22.6 Å². The Balaban J connectivity index is 2.30. The number of hydrogen-bond acceptors (Lipinski definition) is 2. The lowest BCUT2D eigenvalue weighted by Gasteiger charge is -2.13. The van der Waals surface area contributed by atoms with Crippen LogP contribution in [0.3, 0.4) is 0 Å². The van der Waals surface area contributed by atoms with Gasteiger partial charge in [0.15, 0.2) is 0 Å². The molecule has 0 aromatic heterocycles. The molecule has 1 heterocycles. The van der Waals surface area contributed by atoms with Gasteiger partial charge >= 0.3 is 6.03 Å². The summed E-state index contributed by atoms with van der Waals surface area (Å²) in [6.45, 7) is 0.813. The fourth-order valence-electron chi connectivity index (χ4n) is 1.47. The molecule has 84 valence electrons. The van der Waals surface area contributed by atoms with E-state index in [0.29, 0.717) is 22.2 Å². The Hall–Kier alpha value is -1.18. The average molecular weight is 334 g/mol. The summed E-state index contributed by atoms with van der Waals surface area (Å²) < 4.78 is 13.4. The largest absolute Gasteiger partial charge is 0.336 e. The summed E-state index contributed by atoms with van der Waals surface area (Å²) >= 11 is 1.88. The van der Waals surface area contributed by atoms with Gasteiger partial charge in [0.05, 0.1) is 5.56 Å². The number of rotatable bonds is 1. The zero-order valence-electron chi connectivity index (χ0n) is 8.17. The number of amides is 3. The molecule has 1 aromatic rings. The van der Waals surface area contributed by atoms with Crippen molar-refractivity contribution < 1.29 is 14.0 Å². The van der Waals surface area contributed by atoms with Crippen molar-refractivity contribution in [3.05, 3.63) is 33.1 Å². The van der Waals surface area contributed by atoms with E-state index in [2.05, 4.69) is 5.32 Å². The van der Waals surface area contributed by atoms with Crippen molar-refractivity contribution in [3.8, 4) is 0 Å². The van der Waals surface area contributed by atoms with Gasteiger partial charge < -0.3 is 5.32 Å². The molecule has 3 amide bonds. The molecule has 0 atom stereocenters. The van der Waals surface area contributed by atoms with Gasteiger partial charge in [-0.15, -0.1) is 0 Å². The Bertz CT molecular complexity index is 464. The summed E-state index contributed by atoms with van der Waals surface area (Å²) in [6, 6.07) is 3.47. The highest BCUT2D eigenvalue weighted by atomic mass is 127. The lowest BCUT2D eigenvalue weighted by atomic mass is 10.2. The van der Waals surface area contributed by atoms with E-state index >= 15 is 0 Å². The number of hydrogen-bond donors (Lipinski definition) is 1. The molecule has 0 bridgehead atoms. The lowest BCUT2D eigenvalue weighted by Crippen LogP contribution is -2.34. The number of carbonyl (C=O) groups is 2. The summed E-state index contributed by atoms with van der Waals surface area (Å²) in [5, 5.41) is 2.54. The van der Waals surface area contributed by atoms with Crippen molar-refractivity contribution in [2.75, 3.05) is 13.1 Å². The van der Waals surface area contributed by atoms with Gasteiger partial charge in [-0.2, -0.15) is 0 Å². The van der Waals surface area contributed by atoms with Crippen LogP contribution in [0.2, 0.25) is 0 Å². The van der Waals surface area contributed by atoms with Gasteiger partial charge in [-0.05, 0) is 40.8 Å². The predicted octanol–water partition coefficient (Wildman–Crippen LogP) is 1.60. The zero-order chi connectivity index (χ0) is 11.7. The van der Waals surface area contributed by atoms with Gasteiger partial charge in [0.1, 0.15) is 5.82 Å². The molecule has 16 heavy (non-hydrogen) atoms. The van der Waals surface area contributed by atoms with E-state index in [9.17, 15) is 14.0 Å². The van der Waals surface area contributed by atoms with Crippen LogP contribution in [0.5, 0.6) is 0 Å². The predicted molar refractivity (Wildman–Crippen MR) is 63.6 cm³/mol. The maximum absolute atomic E-state index is 12.9. The average Bonchev–Trinajstić information content (AvgIpc) is 2.63. The quantitative estimate of drug-likeness (QED) is 0.793. The fourth-order valence-corrected chi connectivity index (χ4v) is 2.18. The van der Waals surface area contributed by atoms with Crippen LogP contribution in [0.15, 0.2) is 18.2 Å². The van der Waals surface area contributed by atoms with Crippen LogP contribution in [0.4, 0.5) is 9.18 Å². The molecule has 2 rings (SSSR count). The highest BCUT2D eigenvalue weighted by Gasteiger charge is 2.28. The minimum Gasteiger partial charge on any atom is -0.336 e. The Labute approximate surface area is 105 Å². The molecule has 1 aliphatic heterocycles. The molecule has 1 N–H and O–H groups in total. The third kappa shape index (κ3) is 2.01. The first kappa shape index (κ1) is 11.3. The first-order valence-electron chi connectivity index (χ1n) is 4.64. The van der Waals surface area contributed by atoms with E-state index in [1.54, 1.807) is 0 Å². The van der Waals surface area contributed by atoms with Crippen LogP contribution in [0.1, 0.15) is 10.4 Å². The zero-order valence-corrected chi connectivity index (χ0v) is 10.3. The molecule has 1 saturated heterocycles. The van der Waals surface area contributed by atoms with Gasteiger partial charge in [0, 0.05) is 16.7 Å². The monoisotopic (exact) mass is 334 g/mol. The standard InChI is InChI=1S/C10H8FIN2O2/c11-6-1-2-7(8(12)5-6)9(15)14-4-3-13-10(14)16/h1-2,5H,3-4H2,(H,13,16). The molecule has 1 aliphatic rings. The second-order valence-corrected chi connectivity index (χ2v) is 4.48. The maximum Gasteiger partial charge on any atom is 0.324 e. The molecule has 6 heteroatoms. The number of nitrogens with one attached hydrogen (secondary N) is 1. The SMILES string of the molecule is O=C1NCCN1C(=O)c1ccc(F)cc1I. The van der Waals surface area contributed by atoms with Crippen LogP contribution in [-0.4, -0.2) is 29.9 Å². The van der Waals surface area contributed by atoms with Crippen LogP contribution in [0, 0.1) is 9.39 Å². The summed E-state index contributed by atoms with van der Waals surface area (Å²) in [5.41, 5.74) is 0.346. The Morgan fingerprint density at radius 2 is 2.25 bits per heavy atom. The van der Waals surface area contributed by atoms with Gasteiger partial charge in [-0.25, -0.2) is 9.18 Å². The van der Waals surface area contributed by atoms with E-state index in [0.717, 1.165) is 4.90 Å². The highest BCUT2D eigenvalue weighted by Crippen LogP contribution is 2.16. The molecule has 0 saturated carbocycles. The summed E-state index contributed by atoms with van der Waals surface area (Å²) in [7, 11) is 0. The maximum atomic E-state index is 12.9. The van der Waals surface area contributed by atoms with E-state index in [1.165, 1.54) is 18.2 Å². The number of nitrogens with zero attached hydrogens (tertiary/aromatic N) is 1. The third-order valence-corrected chi connectivity index (χ3v) is 3.16. The summed E-state index contributed by atoms with van der Waals surface area (Å²) in [4.78, 5) is 24.3. The lowest BCUT2D eigenvalue weighted by molar-refractivity contribution is 0.0828. The fraction of sp³-hybridized carbons (Fsp3) is 0.200. The van der Waals surface area contributed by atoms with Gasteiger partial charge in [-0.3, -0.25) is 9.69 Å². The van der Waals surface area contributed by atoms with Crippen molar-refractivity contribution >= 4 is 34.5 Å². The molecule has 0 radical (unpaired) electrons. The number of imide groups is 1.